The maximum atomic E-state index is 12.0. The van der Waals surface area contributed by atoms with E-state index in [1.165, 1.54) is 0 Å². The van der Waals surface area contributed by atoms with E-state index in [-0.39, 0.29) is 11.9 Å². The molecule has 0 saturated heterocycles. The zero-order valence-corrected chi connectivity index (χ0v) is 12.7. The van der Waals surface area contributed by atoms with Crippen molar-refractivity contribution in [2.24, 2.45) is 7.05 Å². The first-order valence-corrected chi connectivity index (χ1v) is 7.06. The summed E-state index contributed by atoms with van der Waals surface area (Å²) in [5.74, 6) is 1.53. The predicted molar refractivity (Wildman–Crippen MR) is 81.1 cm³/mol. The van der Waals surface area contributed by atoms with Gasteiger partial charge in [0.1, 0.15) is 17.6 Å². The van der Waals surface area contributed by atoms with Crippen LogP contribution >= 0.6 is 0 Å². The van der Waals surface area contributed by atoms with E-state index in [0.717, 1.165) is 23.6 Å². The van der Waals surface area contributed by atoms with Crippen LogP contribution in [0.5, 0.6) is 5.75 Å². The first-order chi connectivity index (χ1) is 10.2. The number of carbonyl (C=O) groups excluding carboxylic acids is 1. The summed E-state index contributed by atoms with van der Waals surface area (Å²) in [6, 6.07) is 7.35. The van der Waals surface area contributed by atoms with Gasteiger partial charge in [-0.2, -0.15) is 0 Å². The van der Waals surface area contributed by atoms with Crippen molar-refractivity contribution in [3.05, 3.63) is 48.0 Å². The van der Waals surface area contributed by atoms with Crippen molar-refractivity contribution in [3.63, 3.8) is 0 Å². The Morgan fingerprint density at radius 3 is 2.81 bits per heavy atom. The lowest BCUT2D eigenvalue weighted by molar-refractivity contribution is -0.121. The minimum absolute atomic E-state index is 0.0106. The van der Waals surface area contributed by atoms with Crippen LogP contribution in [0.2, 0.25) is 0 Å². The Bertz CT molecular complexity index is 607. The van der Waals surface area contributed by atoms with Crippen LogP contribution in [0.1, 0.15) is 37.2 Å². The number of imidazole rings is 1. The number of carbonyl (C=O) groups is 1. The van der Waals surface area contributed by atoms with Crippen LogP contribution in [0.4, 0.5) is 0 Å². The van der Waals surface area contributed by atoms with Gasteiger partial charge in [0.05, 0.1) is 7.11 Å². The molecule has 1 amide bonds. The number of methoxy groups -OCH3 is 1. The monoisotopic (exact) mass is 287 g/mol. The van der Waals surface area contributed by atoms with E-state index in [9.17, 15) is 4.79 Å². The van der Waals surface area contributed by atoms with Gasteiger partial charge in [0, 0.05) is 31.4 Å². The number of benzene rings is 1. The first kappa shape index (κ1) is 15.1. The summed E-state index contributed by atoms with van der Waals surface area (Å²) in [5, 5.41) is 3.05. The fourth-order valence-corrected chi connectivity index (χ4v) is 2.30. The van der Waals surface area contributed by atoms with E-state index in [4.69, 9.17) is 4.74 Å². The van der Waals surface area contributed by atoms with Gasteiger partial charge in [0.2, 0.25) is 5.91 Å². The van der Waals surface area contributed by atoms with Crippen molar-refractivity contribution < 1.29 is 9.53 Å². The van der Waals surface area contributed by atoms with E-state index < -0.39 is 0 Å². The highest BCUT2D eigenvalue weighted by Gasteiger charge is 2.23. The number of amides is 1. The normalized spacial score (nSPS) is 12.0. The smallest absolute Gasteiger partial charge is 0.220 e. The number of aromatic nitrogens is 2. The molecule has 0 fully saturated rings. The summed E-state index contributed by atoms with van der Waals surface area (Å²) in [5.41, 5.74) is 0.902. The van der Waals surface area contributed by atoms with E-state index in [1.807, 2.05) is 49.0 Å². The summed E-state index contributed by atoms with van der Waals surface area (Å²) in [6.45, 7) is 1.98. The number of aryl methyl sites for hydroxylation is 1. The van der Waals surface area contributed by atoms with E-state index >= 15 is 0 Å². The van der Waals surface area contributed by atoms with Crippen molar-refractivity contribution in [2.75, 3.05) is 7.11 Å². The molecule has 0 radical (unpaired) electrons. The number of ether oxygens (including phenoxy) is 1. The predicted octanol–water partition coefficient (Wildman–Crippen LogP) is 2.43. The van der Waals surface area contributed by atoms with Gasteiger partial charge in [-0.3, -0.25) is 4.79 Å². The van der Waals surface area contributed by atoms with Gasteiger partial charge in [0.25, 0.3) is 0 Å². The molecule has 0 spiro atoms. The highest BCUT2D eigenvalue weighted by molar-refractivity contribution is 5.76. The molecular weight excluding hydrogens is 266 g/mol. The minimum Gasteiger partial charge on any atom is -0.496 e. The standard InChI is InChI=1S/C16H21N3O2/c1-4-7-14(20)18-15(16-17-10-11-19(16)2)12-8-5-6-9-13(12)21-3/h5-6,8-11,15H,4,7H2,1-3H3,(H,18,20)/t15-/m0/s1. The third-order valence-corrected chi connectivity index (χ3v) is 3.35. The number of hydrogen-bond donors (Lipinski definition) is 1. The Morgan fingerprint density at radius 2 is 2.19 bits per heavy atom. The zero-order valence-electron chi connectivity index (χ0n) is 12.7. The average molecular weight is 287 g/mol. The molecule has 0 unspecified atom stereocenters. The number of rotatable bonds is 6. The molecule has 0 saturated carbocycles. The number of para-hydroxylation sites is 1. The van der Waals surface area contributed by atoms with E-state index in [0.29, 0.717) is 6.42 Å². The molecule has 1 heterocycles. The molecule has 5 nitrogen and oxygen atoms in total. The third-order valence-electron chi connectivity index (χ3n) is 3.35. The fourth-order valence-electron chi connectivity index (χ4n) is 2.30. The summed E-state index contributed by atoms with van der Waals surface area (Å²) in [6.07, 6.45) is 4.90. The van der Waals surface area contributed by atoms with E-state index in [1.54, 1.807) is 13.3 Å². The second-order valence-electron chi connectivity index (χ2n) is 4.89. The highest BCUT2D eigenvalue weighted by atomic mass is 16.5. The molecule has 1 atom stereocenters. The Balaban J connectivity index is 2.40. The van der Waals surface area contributed by atoms with Crippen molar-refractivity contribution in [1.82, 2.24) is 14.9 Å². The molecule has 0 aliphatic carbocycles. The Morgan fingerprint density at radius 1 is 1.43 bits per heavy atom. The summed E-state index contributed by atoms with van der Waals surface area (Å²) >= 11 is 0. The quantitative estimate of drug-likeness (QED) is 0.887. The SMILES string of the molecule is CCCC(=O)N[C@@H](c1ccccc1OC)c1nccn1C. The Kier molecular flexibility index (Phi) is 4.98. The molecule has 1 aromatic heterocycles. The fraction of sp³-hybridized carbons (Fsp3) is 0.375. The summed E-state index contributed by atoms with van der Waals surface area (Å²) in [4.78, 5) is 16.4. The Hall–Kier alpha value is -2.30. The number of nitrogens with one attached hydrogen (secondary N) is 1. The van der Waals surface area contributed by atoms with Gasteiger partial charge in [-0.25, -0.2) is 4.98 Å². The third kappa shape index (κ3) is 3.42. The largest absolute Gasteiger partial charge is 0.496 e. The summed E-state index contributed by atoms with van der Waals surface area (Å²) in [7, 11) is 3.54. The van der Waals surface area contributed by atoms with Gasteiger partial charge in [-0.15, -0.1) is 0 Å². The molecule has 2 aromatic rings. The van der Waals surface area contributed by atoms with Crippen LogP contribution in [0.25, 0.3) is 0 Å². The van der Waals surface area contributed by atoms with Crippen LogP contribution in [0, 0.1) is 0 Å². The molecule has 0 aliphatic heterocycles. The molecule has 21 heavy (non-hydrogen) atoms. The van der Waals surface area contributed by atoms with E-state index in [2.05, 4.69) is 10.3 Å². The lowest BCUT2D eigenvalue weighted by Gasteiger charge is -2.21. The highest BCUT2D eigenvalue weighted by Crippen LogP contribution is 2.29. The molecule has 1 N–H and O–H groups in total. The van der Waals surface area contributed by atoms with Crippen LogP contribution in [0.15, 0.2) is 36.7 Å². The van der Waals surface area contributed by atoms with Gasteiger partial charge >= 0.3 is 0 Å². The number of hydrogen-bond acceptors (Lipinski definition) is 3. The lowest BCUT2D eigenvalue weighted by Crippen LogP contribution is -2.31. The minimum atomic E-state index is -0.319. The van der Waals surface area contributed by atoms with Crippen LogP contribution in [-0.4, -0.2) is 22.6 Å². The second kappa shape index (κ2) is 6.92. The van der Waals surface area contributed by atoms with Gasteiger partial charge in [0.15, 0.2) is 0 Å². The molecule has 2 rings (SSSR count). The topological polar surface area (TPSA) is 56.1 Å². The van der Waals surface area contributed by atoms with Gasteiger partial charge in [-0.05, 0) is 12.5 Å². The van der Waals surface area contributed by atoms with Crippen molar-refractivity contribution in [2.45, 2.75) is 25.8 Å². The van der Waals surface area contributed by atoms with Crippen molar-refractivity contribution in [3.8, 4) is 5.75 Å². The summed E-state index contributed by atoms with van der Waals surface area (Å²) < 4.78 is 7.32. The molecule has 0 bridgehead atoms. The van der Waals surface area contributed by atoms with Crippen molar-refractivity contribution in [1.29, 1.82) is 0 Å². The van der Waals surface area contributed by atoms with Crippen molar-refractivity contribution >= 4 is 5.91 Å². The maximum absolute atomic E-state index is 12.0. The van der Waals surface area contributed by atoms with Crippen LogP contribution in [-0.2, 0) is 11.8 Å². The molecule has 0 aliphatic rings. The first-order valence-electron chi connectivity index (χ1n) is 7.06. The molecule has 5 heteroatoms. The lowest BCUT2D eigenvalue weighted by atomic mass is 10.0. The maximum Gasteiger partial charge on any atom is 0.220 e. The molecule has 112 valence electrons. The number of nitrogens with zero attached hydrogens (tertiary/aromatic N) is 2. The molecular formula is C16H21N3O2. The van der Waals surface area contributed by atoms with Crippen LogP contribution < -0.4 is 10.1 Å². The molecule has 1 aromatic carbocycles. The zero-order chi connectivity index (χ0) is 15.2. The van der Waals surface area contributed by atoms with Crippen LogP contribution in [0.3, 0.4) is 0 Å². The van der Waals surface area contributed by atoms with Gasteiger partial charge in [-0.1, -0.05) is 25.1 Å². The van der Waals surface area contributed by atoms with Gasteiger partial charge < -0.3 is 14.6 Å². The second-order valence-corrected chi connectivity index (χ2v) is 4.89. The Labute approximate surface area is 125 Å². The average Bonchev–Trinajstić information content (AvgIpc) is 2.91.